The van der Waals surface area contributed by atoms with E-state index in [1.54, 1.807) is 16.7 Å². The molecule has 0 radical (unpaired) electrons. The molecule has 120 valence electrons. The average Bonchev–Trinajstić information content (AvgIpc) is 3.01. The Labute approximate surface area is 127 Å². The average molecular weight is 314 g/mol. The Kier molecular flexibility index (Phi) is 5.40. The maximum Gasteiger partial charge on any atom is 0.217 e. The lowest BCUT2D eigenvalue weighted by atomic mass is 10.2. The van der Waals surface area contributed by atoms with Crippen molar-refractivity contribution in [2.75, 3.05) is 26.2 Å². The lowest BCUT2D eigenvalue weighted by Gasteiger charge is -2.40. The molecule has 0 saturated carbocycles. The highest BCUT2D eigenvalue weighted by Gasteiger charge is 2.37. The highest BCUT2D eigenvalue weighted by Crippen LogP contribution is 2.26. The minimum Gasteiger partial charge on any atom is -0.347 e. The van der Waals surface area contributed by atoms with Crippen molar-refractivity contribution in [2.24, 2.45) is 0 Å². The molecule has 0 unspecified atom stereocenters. The van der Waals surface area contributed by atoms with E-state index in [0.717, 1.165) is 18.9 Å². The van der Waals surface area contributed by atoms with Crippen molar-refractivity contribution >= 4 is 10.0 Å². The zero-order valence-electron chi connectivity index (χ0n) is 13.1. The summed E-state index contributed by atoms with van der Waals surface area (Å²) in [7, 11) is -3.21. The monoisotopic (exact) mass is 314 g/mol. The minimum absolute atomic E-state index is 0.0166. The Bertz CT molecular complexity index is 525. The highest BCUT2D eigenvalue weighted by atomic mass is 32.2. The highest BCUT2D eigenvalue weighted by molar-refractivity contribution is 7.89. The molecule has 1 aliphatic rings. The van der Waals surface area contributed by atoms with Gasteiger partial charge in [-0.05, 0) is 19.4 Å². The van der Waals surface area contributed by atoms with Crippen LogP contribution in [0.15, 0.2) is 12.4 Å². The van der Waals surface area contributed by atoms with E-state index in [0.29, 0.717) is 25.9 Å². The molecule has 21 heavy (non-hydrogen) atoms. The van der Waals surface area contributed by atoms with Crippen LogP contribution < -0.4 is 0 Å². The first kappa shape index (κ1) is 16.5. The van der Waals surface area contributed by atoms with Crippen molar-refractivity contribution in [3.05, 3.63) is 18.2 Å². The summed E-state index contributed by atoms with van der Waals surface area (Å²) in [6.07, 6.45) is 4.84. The van der Waals surface area contributed by atoms with E-state index in [1.807, 2.05) is 13.8 Å². The van der Waals surface area contributed by atoms with Crippen LogP contribution in [0.3, 0.4) is 0 Å². The molecule has 1 aliphatic heterocycles. The maximum absolute atomic E-state index is 12.7. The molecule has 1 aromatic heterocycles. The van der Waals surface area contributed by atoms with E-state index in [2.05, 4.69) is 21.8 Å². The van der Waals surface area contributed by atoms with Crippen LogP contribution >= 0.6 is 0 Å². The summed E-state index contributed by atoms with van der Waals surface area (Å²) >= 11 is 0. The van der Waals surface area contributed by atoms with Gasteiger partial charge in [0.15, 0.2) is 0 Å². The van der Waals surface area contributed by atoms with E-state index >= 15 is 0 Å². The van der Waals surface area contributed by atoms with E-state index in [4.69, 9.17) is 0 Å². The molecule has 1 saturated heterocycles. The smallest absolute Gasteiger partial charge is 0.217 e. The van der Waals surface area contributed by atoms with E-state index in [-0.39, 0.29) is 11.3 Å². The quantitative estimate of drug-likeness (QED) is 0.866. The third kappa shape index (κ3) is 3.30. The van der Waals surface area contributed by atoms with Gasteiger partial charge in [-0.25, -0.2) is 13.4 Å². The second kappa shape index (κ2) is 6.89. The Morgan fingerprint density at radius 2 is 2.05 bits per heavy atom. The van der Waals surface area contributed by atoms with Gasteiger partial charge in [0.2, 0.25) is 10.0 Å². The van der Waals surface area contributed by atoms with Crippen molar-refractivity contribution in [3.8, 4) is 0 Å². The number of rotatable bonds is 6. The SMILES string of the molecule is CCC(CC)S(=O)(=O)N1CCN(CC)[C@@H](c2ncc[nH]2)C1. The van der Waals surface area contributed by atoms with Gasteiger partial charge < -0.3 is 4.98 Å². The number of hydrogen-bond acceptors (Lipinski definition) is 4. The largest absolute Gasteiger partial charge is 0.347 e. The number of aromatic nitrogens is 2. The van der Waals surface area contributed by atoms with Crippen LogP contribution in [0.5, 0.6) is 0 Å². The first-order valence-electron chi connectivity index (χ1n) is 7.76. The lowest BCUT2D eigenvalue weighted by Crippen LogP contribution is -2.52. The van der Waals surface area contributed by atoms with Gasteiger partial charge in [-0.15, -0.1) is 0 Å². The first-order valence-corrected chi connectivity index (χ1v) is 9.27. The molecule has 7 heteroatoms. The Morgan fingerprint density at radius 3 is 2.57 bits per heavy atom. The third-order valence-corrected chi connectivity index (χ3v) is 6.95. The molecule has 2 heterocycles. The predicted molar refractivity (Wildman–Crippen MR) is 83.4 cm³/mol. The Morgan fingerprint density at radius 1 is 1.33 bits per heavy atom. The van der Waals surface area contributed by atoms with Crippen LogP contribution in [0.25, 0.3) is 0 Å². The van der Waals surface area contributed by atoms with Crippen LogP contribution in [-0.2, 0) is 10.0 Å². The molecule has 6 nitrogen and oxygen atoms in total. The molecule has 2 rings (SSSR count). The molecular weight excluding hydrogens is 288 g/mol. The summed E-state index contributed by atoms with van der Waals surface area (Å²) in [5.74, 6) is 0.848. The zero-order chi connectivity index (χ0) is 15.5. The number of piperazine rings is 1. The normalized spacial score (nSPS) is 22.0. The number of nitrogens with zero attached hydrogens (tertiary/aromatic N) is 3. The topological polar surface area (TPSA) is 69.3 Å². The van der Waals surface area contributed by atoms with Gasteiger partial charge in [0.05, 0.1) is 11.3 Å². The number of sulfonamides is 1. The number of likely N-dealkylation sites (N-methyl/N-ethyl adjacent to an activating group) is 1. The van der Waals surface area contributed by atoms with Crippen molar-refractivity contribution in [2.45, 2.75) is 44.9 Å². The summed E-state index contributed by atoms with van der Waals surface area (Å²) in [5.41, 5.74) is 0. The van der Waals surface area contributed by atoms with Crippen molar-refractivity contribution in [1.29, 1.82) is 0 Å². The molecule has 1 fully saturated rings. The summed E-state index contributed by atoms with van der Waals surface area (Å²) in [6.45, 7) is 8.69. The molecule has 1 N–H and O–H groups in total. The van der Waals surface area contributed by atoms with E-state index in [1.165, 1.54) is 0 Å². The van der Waals surface area contributed by atoms with Gasteiger partial charge in [0.25, 0.3) is 0 Å². The fourth-order valence-electron chi connectivity index (χ4n) is 3.04. The minimum atomic E-state index is -3.21. The van der Waals surface area contributed by atoms with Crippen molar-refractivity contribution in [3.63, 3.8) is 0 Å². The number of imidazole rings is 1. The molecular formula is C14H26N4O2S. The first-order chi connectivity index (χ1) is 10.0. The predicted octanol–water partition coefficient (Wildman–Crippen LogP) is 1.61. The van der Waals surface area contributed by atoms with E-state index < -0.39 is 10.0 Å². The van der Waals surface area contributed by atoms with Gasteiger partial charge in [0.1, 0.15) is 5.82 Å². The molecule has 0 aliphatic carbocycles. The zero-order valence-corrected chi connectivity index (χ0v) is 13.9. The van der Waals surface area contributed by atoms with Crippen LogP contribution in [-0.4, -0.2) is 59.0 Å². The molecule has 0 amide bonds. The third-order valence-electron chi connectivity index (χ3n) is 4.39. The second-order valence-electron chi connectivity index (χ2n) is 5.46. The van der Waals surface area contributed by atoms with Crippen LogP contribution in [0.4, 0.5) is 0 Å². The summed E-state index contributed by atoms with van der Waals surface area (Å²) < 4.78 is 27.1. The second-order valence-corrected chi connectivity index (χ2v) is 7.67. The molecule has 0 spiro atoms. The van der Waals surface area contributed by atoms with Crippen LogP contribution in [0.2, 0.25) is 0 Å². The molecule has 0 bridgehead atoms. The van der Waals surface area contributed by atoms with Gasteiger partial charge in [-0.1, -0.05) is 20.8 Å². The fraction of sp³-hybridized carbons (Fsp3) is 0.786. The maximum atomic E-state index is 12.7. The molecule has 0 aromatic carbocycles. The summed E-state index contributed by atoms with van der Waals surface area (Å²) in [6, 6.07) is 0.0166. The number of aromatic amines is 1. The molecule has 1 atom stereocenters. The van der Waals surface area contributed by atoms with E-state index in [9.17, 15) is 8.42 Å². The summed E-state index contributed by atoms with van der Waals surface area (Å²) in [5, 5.41) is -0.275. The van der Waals surface area contributed by atoms with Crippen LogP contribution in [0, 0.1) is 0 Å². The Hall–Kier alpha value is -0.920. The number of H-pyrrole nitrogens is 1. The lowest BCUT2D eigenvalue weighted by molar-refractivity contribution is 0.118. The number of nitrogens with one attached hydrogen (secondary N) is 1. The molecule has 1 aromatic rings. The van der Waals surface area contributed by atoms with Crippen molar-refractivity contribution in [1.82, 2.24) is 19.2 Å². The van der Waals surface area contributed by atoms with Gasteiger partial charge in [0, 0.05) is 32.0 Å². The number of hydrogen-bond donors (Lipinski definition) is 1. The standard InChI is InChI=1S/C14H26N4O2S/c1-4-12(5-2)21(19,20)18-10-9-17(6-3)13(11-18)14-15-7-8-16-14/h7-8,12-13H,4-6,9-11H2,1-3H3,(H,15,16)/t13-/m1/s1. The fourth-order valence-corrected chi connectivity index (χ4v) is 4.99. The van der Waals surface area contributed by atoms with Gasteiger partial charge in [-0.3, -0.25) is 4.90 Å². The van der Waals surface area contributed by atoms with Crippen molar-refractivity contribution < 1.29 is 8.42 Å². The Balaban J connectivity index is 2.21. The van der Waals surface area contributed by atoms with Crippen LogP contribution in [0.1, 0.15) is 45.5 Å². The summed E-state index contributed by atoms with van der Waals surface area (Å²) in [4.78, 5) is 9.72. The van der Waals surface area contributed by atoms with Gasteiger partial charge >= 0.3 is 0 Å². The van der Waals surface area contributed by atoms with Gasteiger partial charge in [-0.2, -0.15) is 4.31 Å².